The summed E-state index contributed by atoms with van der Waals surface area (Å²) in [6, 6.07) is 5.53. The summed E-state index contributed by atoms with van der Waals surface area (Å²) in [5.74, 6) is -0.405. The van der Waals surface area contributed by atoms with Crippen LogP contribution in [0, 0.1) is 5.41 Å². The van der Waals surface area contributed by atoms with Crippen molar-refractivity contribution in [2.45, 2.75) is 39.2 Å². The molecule has 3 rings (SSSR count). The predicted octanol–water partition coefficient (Wildman–Crippen LogP) is 2.22. The first-order valence-corrected chi connectivity index (χ1v) is 8.39. The number of hydrogen-bond acceptors (Lipinski definition) is 3. The van der Waals surface area contributed by atoms with E-state index in [0.29, 0.717) is 18.7 Å². The molecule has 0 radical (unpaired) electrons. The molecule has 6 nitrogen and oxygen atoms in total. The summed E-state index contributed by atoms with van der Waals surface area (Å²) in [6.07, 6.45) is 5.78. The summed E-state index contributed by atoms with van der Waals surface area (Å²) in [6.45, 7) is 3.06. The third-order valence-corrected chi connectivity index (χ3v) is 5.03. The van der Waals surface area contributed by atoms with Gasteiger partial charge < -0.3 is 21.4 Å². The van der Waals surface area contributed by atoms with Crippen LogP contribution < -0.4 is 16.8 Å². The van der Waals surface area contributed by atoms with E-state index in [1.54, 1.807) is 6.20 Å². The average Bonchev–Trinajstić information content (AvgIpc) is 3.13. The van der Waals surface area contributed by atoms with E-state index in [0.717, 1.165) is 42.3 Å². The Morgan fingerprint density at radius 3 is 2.62 bits per heavy atom. The number of nitrogens with two attached hydrogens (primary N) is 2. The van der Waals surface area contributed by atoms with Crippen LogP contribution >= 0.6 is 0 Å². The highest BCUT2D eigenvalue weighted by Gasteiger charge is 2.36. The van der Waals surface area contributed by atoms with E-state index < -0.39 is 5.91 Å². The fourth-order valence-corrected chi connectivity index (χ4v) is 3.55. The minimum atomic E-state index is -0.467. The Morgan fingerprint density at radius 1 is 1.29 bits per heavy atom. The number of amides is 2. The topological polar surface area (TPSA) is 103 Å². The Hall–Kier alpha value is -2.34. The van der Waals surface area contributed by atoms with Gasteiger partial charge in [-0.1, -0.05) is 19.8 Å². The van der Waals surface area contributed by atoms with Crippen molar-refractivity contribution in [1.82, 2.24) is 4.57 Å². The van der Waals surface area contributed by atoms with Crippen LogP contribution in [0.5, 0.6) is 0 Å². The van der Waals surface area contributed by atoms with Crippen molar-refractivity contribution in [2.75, 3.05) is 11.9 Å². The van der Waals surface area contributed by atoms with E-state index in [4.69, 9.17) is 11.5 Å². The lowest BCUT2D eigenvalue weighted by molar-refractivity contribution is -0.124. The molecule has 128 valence electrons. The normalized spacial score (nSPS) is 16.4. The maximum atomic E-state index is 12.6. The predicted molar refractivity (Wildman–Crippen MR) is 94.7 cm³/mol. The van der Waals surface area contributed by atoms with Crippen LogP contribution in [0.25, 0.3) is 10.9 Å². The number of carbonyl (C=O) groups is 2. The number of primary amides is 1. The molecule has 1 saturated carbocycles. The zero-order chi connectivity index (χ0) is 17.3. The van der Waals surface area contributed by atoms with Crippen LogP contribution in [0.15, 0.2) is 24.4 Å². The number of hydrogen-bond donors (Lipinski definition) is 3. The first-order valence-electron chi connectivity index (χ1n) is 8.39. The molecule has 1 aliphatic carbocycles. The van der Waals surface area contributed by atoms with Gasteiger partial charge in [0, 0.05) is 35.8 Å². The molecule has 1 heterocycles. The van der Waals surface area contributed by atoms with E-state index in [1.165, 1.54) is 0 Å². The van der Waals surface area contributed by atoms with E-state index in [2.05, 4.69) is 5.32 Å². The van der Waals surface area contributed by atoms with Gasteiger partial charge in [0.1, 0.15) is 0 Å². The van der Waals surface area contributed by atoms with Crippen molar-refractivity contribution in [1.29, 1.82) is 0 Å². The number of benzene rings is 1. The number of nitrogens with one attached hydrogen (secondary N) is 1. The van der Waals surface area contributed by atoms with Gasteiger partial charge in [-0.3, -0.25) is 9.59 Å². The highest BCUT2D eigenvalue weighted by molar-refractivity contribution is 6.07. The molecule has 2 amide bonds. The van der Waals surface area contributed by atoms with E-state index in [-0.39, 0.29) is 11.3 Å². The van der Waals surface area contributed by atoms with Crippen LogP contribution in [-0.4, -0.2) is 22.9 Å². The zero-order valence-corrected chi connectivity index (χ0v) is 14.0. The number of aromatic nitrogens is 1. The number of fused-ring (bicyclic) bond motifs is 1. The van der Waals surface area contributed by atoms with Crippen LogP contribution in [0.2, 0.25) is 0 Å². The summed E-state index contributed by atoms with van der Waals surface area (Å²) < 4.78 is 1.91. The van der Waals surface area contributed by atoms with Crippen molar-refractivity contribution in [3.63, 3.8) is 0 Å². The number of nitrogens with zero attached hydrogens (tertiary/aromatic N) is 1. The van der Waals surface area contributed by atoms with Crippen molar-refractivity contribution >= 4 is 28.4 Å². The molecule has 1 fully saturated rings. The van der Waals surface area contributed by atoms with E-state index >= 15 is 0 Å². The van der Waals surface area contributed by atoms with Crippen molar-refractivity contribution in [2.24, 2.45) is 16.9 Å². The van der Waals surface area contributed by atoms with Crippen molar-refractivity contribution < 1.29 is 9.59 Å². The minimum absolute atomic E-state index is 0.0615. The fourth-order valence-electron chi connectivity index (χ4n) is 3.55. The zero-order valence-electron chi connectivity index (χ0n) is 14.0. The summed E-state index contributed by atoms with van der Waals surface area (Å²) in [5.41, 5.74) is 12.9. The smallest absolute Gasteiger partial charge is 0.250 e. The second-order valence-electron chi connectivity index (χ2n) is 6.84. The maximum absolute atomic E-state index is 12.6. The summed E-state index contributed by atoms with van der Waals surface area (Å²) in [7, 11) is 0. The molecule has 1 aromatic carbocycles. The number of carbonyl (C=O) groups excluding carboxylic acids is 2. The molecule has 24 heavy (non-hydrogen) atoms. The van der Waals surface area contributed by atoms with Crippen LogP contribution in [0.4, 0.5) is 5.69 Å². The van der Waals surface area contributed by atoms with Gasteiger partial charge in [0.15, 0.2) is 0 Å². The quantitative estimate of drug-likeness (QED) is 0.784. The van der Waals surface area contributed by atoms with Gasteiger partial charge in [-0.15, -0.1) is 0 Å². The molecule has 1 aromatic heterocycles. The van der Waals surface area contributed by atoms with E-state index in [9.17, 15) is 9.59 Å². The Balaban J connectivity index is 1.94. The van der Waals surface area contributed by atoms with Gasteiger partial charge in [-0.2, -0.15) is 0 Å². The van der Waals surface area contributed by atoms with Gasteiger partial charge in [-0.05, 0) is 31.0 Å². The first kappa shape index (κ1) is 16.5. The highest BCUT2D eigenvalue weighted by atomic mass is 16.2. The summed E-state index contributed by atoms with van der Waals surface area (Å²) >= 11 is 0. The number of anilines is 1. The summed E-state index contributed by atoms with van der Waals surface area (Å²) in [4.78, 5) is 24.2. The molecule has 2 aromatic rings. The van der Waals surface area contributed by atoms with Gasteiger partial charge >= 0.3 is 0 Å². The third-order valence-electron chi connectivity index (χ3n) is 5.03. The monoisotopic (exact) mass is 328 g/mol. The van der Waals surface area contributed by atoms with Gasteiger partial charge in [0.05, 0.1) is 11.1 Å². The number of rotatable bonds is 5. The van der Waals surface area contributed by atoms with Crippen molar-refractivity contribution in [3.05, 3.63) is 30.0 Å². The Kier molecular flexibility index (Phi) is 4.32. The molecular formula is C18H24N4O2. The largest absolute Gasteiger partial charge is 0.366 e. The first-order chi connectivity index (χ1) is 11.4. The third kappa shape index (κ3) is 2.89. The molecule has 0 unspecified atom stereocenters. The maximum Gasteiger partial charge on any atom is 0.250 e. The Morgan fingerprint density at radius 2 is 2.00 bits per heavy atom. The van der Waals surface area contributed by atoms with Crippen molar-refractivity contribution in [3.8, 4) is 0 Å². The van der Waals surface area contributed by atoms with Crippen LogP contribution in [0.1, 0.15) is 43.0 Å². The standard InChI is InChI=1S/C18H24N4O2/c1-18(6-2-3-7-18)17(24)21-12-4-5-13-14(16(20)23)11-22(9-8-19)15(13)10-12/h4-5,10-11H,2-3,6-9,19H2,1H3,(H2,20,23)(H,21,24). The molecule has 1 aliphatic rings. The highest BCUT2D eigenvalue weighted by Crippen LogP contribution is 2.38. The summed E-state index contributed by atoms with van der Waals surface area (Å²) in [5, 5.41) is 3.80. The molecular weight excluding hydrogens is 304 g/mol. The lowest BCUT2D eigenvalue weighted by Crippen LogP contribution is -2.30. The molecule has 0 spiro atoms. The SMILES string of the molecule is CC1(C(=O)Nc2ccc3c(C(N)=O)cn(CCN)c3c2)CCCC1. The molecule has 0 atom stereocenters. The Labute approximate surface area is 141 Å². The van der Waals surface area contributed by atoms with E-state index in [1.807, 2.05) is 29.7 Å². The average molecular weight is 328 g/mol. The molecule has 0 saturated heterocycles. The van der Waals surface area contributed by atoms with Crippen LogP contribution in [0.3, 0.4) is 0 Å². The van der Waals surface area contributed by atoms with Gasteiger partial charge in [-0.25, -0.2) is 0 Å². The minimum Gasteiger partial charge on any atom is -0.366 e. The fraction of sp³-hybridized carbons (Fsp3) is 0.444. The molecule has 5 N–H and O–H groups in total. The molecule has 0 aliphatic heterocycles. The molecule has 6 heteroatoms. The van der Waals surface area contributed by atoms with Gasteiger partial charge in [0.25, 0.3) is 5.91 Å². The van der Waals surface area contributed by atoms with Crippen LogP contribution in [-0.2, 0) is 11.3 Å². The lowest BCUT2D eigenvalue weighted by Gasteiger charge is -2.22. The Bertz CT molecular complexity index is 788. The van der Waals surface area contributed by atoms with Gasteiger partial charge in [0.2, 0.25) is 5.91 Å². The second-order valence-corrected chi connectivity index (χ2v) is 6.84. The molecule has 0 bridgehead atoms. The second kappa shape index (κ2) is 6.28. The lowest BCUT2D eigenvalue weighted by atomic mass is 9.88.